The molecule has 0 radical (unpaired) electrons. The molecule has 1 N–H and O–H groups in total. The number of benzene rings is 1. The van der Waals surface area contributed by atoms with E-state index in [0.29, 0.717) is 0 Å². The monoisotopic (exact) mass is 292 g/mol. The molecule has 2 unspecified atom stereocenters. The molecule has 0 saturated carbocycles. The summed E-state index contributed by atoms with van der Waals surface area (Å²) in [6.45, 7) is 0. The summed E-state index contributed by atoms with van der Waals surface area (Å²) < 4.78 is 0. The van der Waals surface area contributed by atoms with Gasteiger partial charge in [-0.2, -0.15) is 0 Å². The topological polar surface area (TPSA) is 20.2 Å². The summed E-state index contributed by atoms with van der Waals surface area (Å²) in [4.78, 5) is 0.0694. The minimum Gasteiger partial charge on any atom is -0.387 e. The molecule has 1 nitrogen and oxygen atoms in total. The van der Waals surface area contributed by atoms with Crippen LogP contribution in [0.1, 0.15) is 11.7 Å². The quantitative estimate of drug-likeness (QED) is 0.850. The fourth-order valence-electron chi connectivity index (χ4n) is 0.943. The van der Waals surface area contributed by atoms with Gasteiger partial charge in [0.1, 0.15) is 0 Å². The minimum absolute atomic E-state index is 0.0694. The smallest absolute Gasteiger partial charge is 0.0923 e. The highest BCUT2D eigenvalue weighted by molar-refractivity contribution is 9.12. The van der Waals surface area contributed by atoms with Crippen LogP contribution in [-0.4, -0.2) is 15.3 Å². The molecular weight excluding hydrogens is 284 g/mol. The maximum atomic E-state index is 9.71. The van der Waals surface area contributed by atoms with E-state index in [2.05, 4.69) is 31.9 Å². The summed E-state index contributed by atoms with van der Waals surface area (Å²) in [6.07, 6.45) is -0.439. The molecule has 2 atom stereocenters. The van der Waals surface area contributed by atoms with Gasteiger partial charge >= 0.3 is 0 Å². The first-order chi connectivity index (χ1) is 5.75. The van der Waals surface area contributed by atoms with Crippen LogP contribution in [0.5, 0.6) is 0 Å². The molecule has 0 aliphatic heterocycles. The van der Waals surface area contributed by atoms with Crippen LogP contribution in [0.25, 0.3) is 0 Å². The van der Waals surface area contributed by atoms with E-state index in [1.54, 1.807) is 0 Å². The van der Waals surface area contributed by atoms with Crippen molar-refractivity contribution in [1.29, 1.82) is 0 Å². The molecular formula is C9H10Br2O. The third-order valence-corrected chi connectivity index (χ3v) is 4.02. The number of hydrogen-bond acceptors (Lipinski definition) is 1. The first-order valence-electron chi connectivity index (χ1n) is 3.68. The Balaban J connectivity index is 2.71. The molecule has 1 aromatic carbocycles. The zero-order valence-electron chi connectivity index (χ0n) is 6.45. The summed E-state index contributed by atoms with van der Waals surface area (Å²) in [5.41, 5.74) is 0.943. The Hall–Kier alpha value is 0.140. The van der Waals surface area contributed by atoms with E-state index in [4.69, 9.17) is 0 Å². The molecule has 1 rings (SSSR count). The summed E-state index contributed by atoms with van der Waals surface area (Å²) in [5, 5.41) is 10.5. The highest BCUT2D eigenvalue weighted by Gasteiger charge is 2.15. The van der Waals surface area contributed by atoms with Gasteiger partial charge in [-0.3, -0.25) is 0 Å². The van der Waals surface area contributed by atoms with Crippen LogP contribution in [0.2, 0.25) is 0 Å². The molecule has 0 fully saturated rings. The van der Waals surface area contributed by atoms with E-state index in [0.717, 1.165) is 10.9 Å². The lowest BCUT2D eigenvalue weighted by Crippen LogP contribution is -2.12. The SMILES string of the molecule is OC(c1ccccc1)C(Br)CBr. The lowest BCUT2D eigenvalue weighted by molar-refractivity contribution is 0.183. The number of rotatable bonds is 3. The van der Waals surface area contributed by atoms with Gasteiger partial charge in [-0.25, -0.2) is 0 Å². The van der Waals surface area contributed by atoms with E-state index in [-0.39, 0.29) is 4.83 Å². The zero-order valence-corrected chi connectivity index (χ0v) is 9.62. The maximum Gasteiger partial charge on any atom is 0.0923 e. The first kappa shape index (κ1) is 10.2. The van der Waals surface area contributed by atoms with Crippen molar-refractivity contribution in [2.75, 3.05) is 5.33 Å². The summed E-state index contributed by atoms with van der Waals surface area (Å²) >= 11 is 6.69. The maximum absolute atomic E-state index is 9.71. The van der Waals surface area contributed by atoms with Gasteiger partial charge in [-0.1, -0.05) is 62.2 Å². The average Bonchev–Trinajstić information content (AvgIpc) is 2.17. The van der Waals surface area contributed by atoms with Gasteiger partial charge in [-0.15, -0.1) is 0 Å². The number of aliphatic hydroxyl groups is 1. The van der Waals surface area contributed by atoms with E-state index in [1.807, 2.05) is 30.3 Å². The van der Waals surface area contributed by atoms with Crippen LogP contribution in [0.3, 0.4) is 0 Å². The van der Waals surface area contributed by atoms with E-state index in [1.165, 1.54) is 0 Å². The number of alkyl halides is 2. The summed E-state index contributed by atoms with van der Waals surface area (Å²) in [6, 6.07) is 9.62. The largest absolute Gasteiger partial charge is 0.387 e. The Morgan fingerprint density at radius 3 is 2.33 bits per heavy atom. The molecule has 0 amide bonds. The van der Waals surface area contributed by atoms with Crippen LogP contribution in [0.15, 0.2) is 30.3 Å². The van der Waals surface area contributed by atoms with Crippen molar-refractivity contribution < 1.29 is 5.11 Å². The Labute approximate surface area is 89.1 Å². The predicted molar refractivity (Wildman–Crippen MR) is 57.9 cm³/mol. The predicted octanol–water partition coefficient (Wildman–Crippen LogP) is 2.88. The Morgan fingerprint density at radius 2 is 1.83 bits per heavy atom. The van der Waals surface area contributed by atoms with Crippen molar-refractivity contribution in [3.8, 4) is 0 Å². The molecule has 3 heteroatoms. The van der Waals surface area contributed by atoms with Gasteiger partial charge in [0.2, 0.25) is 0 Å². The standard InChI is InChI=1S/C9H10Br2O/c10-6-8(11)9(12)7-4-2-1-3-5-7/h1-5,8-9,12H,6H2. The molecule has 0 aliphatic carbocycles. The van der Waals surface area contributed by atoms with Crippen molar-refractivity contribution in [2.24, 2.45) is 0 Å². The van der Waals surface area contributed by atoms with E-state index in [9.17, 15) is 5.11 Å². The Bertz CT molecular complexity index is 225. The molecule has 0 saturated heterocycles. The average molecular weight is 294 g/mol. The van der Waals surface area contributed by atoms with Crippen LogP contribution >= 0.6 is 31.9 Å². The molecule has 1 aromatic rings. The second-order valence-electron chi connectivity index (χ2n) is 2.53. The zero-order chi connectivity index (χ0) is 8.97. The highest BCUT2D eigenvalue weighted by atomic mass is 79.9. The van der Waals surface area contributed by atoms with Crippen molar-refractivity contribution in [2.45, 2.75) is 10.9 Å². The summed E-state index contributed by atoms with van der Waals surface area (Å²) in [7, 11) is 0. The van der Waals surface area contributed by atoms with Crippen LogP contribution in [0, 0.1) is 0 Å². The number of hydrogen-bond donors (Lipinski definition) is 1. The summed E-state index contributed by atoms with van der Waals surface area (Å²) in [5.74, 6) is 0. The minimum atomic E-state index is -0.439. The van der Waals surface area contributed by atoms with Crippen LogP contribution in [0.4, 0.5) is 0 Å². The van der Waals surface area contributed by atoms with E-state index >= 15 is 0 Å². The van der Waals surface area contributed by atoms with Gasteiger partial charge in [-0.05, 0) is 5.56 Å². The Morgan fingerprint density at radius 1 is 1.25 bits per heavy atom. The first-order valence-corrected chi connectivity index (χ1v) is 5.72. The van der Waals surface area contributed by atoms with Crippen LogP contribution < -0.4 is 0 Å². The van der Waals surface area contributed by atoms with Gasteiger partial charge in [0.05, 0.1) is 10.9 Å². The highest BCUT2D eigenvalue weighted by Crippen LogP contribution is 2.23. The Kier molecular flexibility index (Phi) is 4.26. The van der Waals surface area contributed by atoms with Crippen molar-refractivity contribution in [3.63, 3.8) is 0 Å². The van der Waals surface area contributed by atoms with Crippen LogP contribution in [-0.2, 0) is 0 Å². The number of aliphatic hydroxyl groups excluding tert-OH is 1. The van der Waals surface area contributed by atoms with Crippen molar-refractivity contribution in [3.05, 3.63) is 35.9 Å². The molecule has 0 spiro atoms. The molecule has 12 heavy (non-hydrogen) atoms. The lowest BCUT2D eigenvalue weighted by Gasteiger charge is -2.14. The van der Waals surface area contributed by atoms with Crippen molar-refractivity contribution >= 4 is 31.9 Å². The fraction of sp³-hybridized carbons (Fsp3) is 0.333. The number of halogens is 2. The molecule has 0 bridgehead atoms. The molecule has 0 heterocycles. The second-order valence-corrected chi connectivity index (χ2v) is 4.35. The van der Waals surface area contributed by atoms with E-state index < -0.39 is 6.10 Å². The molecule has 0 aliphatic rings. The fourth-order valence-corrected chi connectivity index (χ4v) is 1.60. The second kappa shape index (κ2) is 5.00. The lowest BCUT2D eigenvalue weighted by atomic mass is 10.1. The molecule has 0 aromatic heterocycles. The third-order valence-electron chi connectivity index (χ3n) is 1.63. The van der Waals surface area contributed by atoms with Gasteiger partial charge in [0.25, 0.3) is 0 Å². The third kappa shape index (κ3) is 2.57. The normalized spacial score (nSPS) is 15.6. The van der Waals surface area contributed by atoms with Gasteiger partial charge < -0.3 is 5.11 Å². The van der Waals surface area contributed by atoms with Crippen molar-refractivity contribution in [1.82, 2.24) is 0 Å². The molecule has 66 valence electrons. The van der Waals surface area contributed by atoms with Gasteiger partial charge in [0.15, 0.2) is 0 Å². The van der Waals surface area contributed by atoms with Gasteiger partial charge in [0, 0.05) is 5.33 Å².